The second-order valence-corrected chi connectivity index (χ2v) is 6.44. The summed E-state index contributed by atoms with van der Waals surface area (Å²) in [5, 5.41) is 9.61. The van der Waals surface area contributed by atoms with E-state index < -0.39 is 12.0 Å². The average Bonchev–Trinajstić information content (AvgIpc) is 2.87. The van der Waals surface area contributed by atoms with Gasteiger partial charge in [-0.2, -0.15) is 0 Å². The summed E-state index contributed by atoms with van der Waals surface area (Å²) < 4.78 is 0. The van der Waals surface area contributed by atoms with Crippen LogP contribution in [0.25, 0.3) is 0 Å². The van der Waals surface area contributed by atoms with E-state index in [4.69, 9.17) is 0 Å². The fourth-order valence-corrected chi connectivity index (χ4v) is 3.52. The Morgan fingerprint density at radius 2 is 1.80 bits per heavy atom. The highest BCUT2D eigenvalue weighted by Crippen LogP contribution is 2.28. The first-order valence-corrected chi connectivity index (χ1v) is 8.12. The molecule has 2 heterocycles. The van der Waals surface area contributed by atoms with Gasteiger partial charge in [0.15, 0.2) is 5.78 Å². The number of ketones is 1. The molecule has 2 N–H and O–H groups in total. The number of nitrogens with zero attached hydrogens (tertiary/aromatic N) is 1. The van der Waals surface area contributed by atoms with Gasteiger partial charge in [0.25, 0.3) is 5.91 Å². The number of Topliss-reactive ketones (excluding diaryl/α,β-unsaturated/α-hetero) is 1. The molecule has 130 valence electrons. The highest BCUT2D eigenvalue weighted by molar-refractivity contribution is 6.03. The summed E-state index contributed by atoms with van der Waals surface area (Å²) in [5.74, 6) is -1.54. The van der Waals surface area contributed by atoms with Gasteiger partial charge in [-0.05, 0) is 30.5 Å². The second-order valence-electron chi connectivity index (χ2n) is 6.44. The molecule has 1 atom stereocenters. The minimum atomic E-state index is -1.03. The number of carbonyl (C=O) groups excluding carboxylic acids is 2. The van der Waals surface area contributed by atoms with E-state index in [1.54, 1.807) is 13.8 Å². The molecule has 3 rings (SSSR count). The van der Waals surface area contributed by atoms with Crippen molar-refractivity contribution in [2.75, 3.05) is 0 Å². The highest BCUT2D eigenvalue weighted by atomic mass is 16.4. The molecule has 1 aliphatic rings. The number of H-pyrrole nitrogens is 1. The van der Waals surface area contributed by atoms with Crippen LogP contribution in [0.15, 0.2) is 24.3 Å². The molecule has 6 nitrogen and oxygen atoms in total. The molecule has 0 saturated carbocycles. The molecule has 0 saturated heterocycles. The van der Waals surface area contributed by atoms with Crippen LogP contribution in [0.5, 0.6) is 0 Å². The zero-order chi connectivity index (χ0) is 18.3. The Hall–Kier alpha value is -2.89. The van der Waals surface area contributed by atoms with E-state index >= 15 is 0 Å². The number of aromatic nitrogens is 1. The predicted octanol–water partition coefficient (Wildman–Crippen LogP) is 2.49. The van der Waals surface area contributed by atoms with E-state index in [9.17, 15) is 19.5 Å². The largest absolute Gasteiger partial charge is 0.480 e. The first-order valence-electron chi connectivity index (χ1n) is 8.12. The zero-order valence-corrected chi connectivity index (χ0v) is 14.4. The topological polar surface area (TPSA) is 90.5 Å². The van der Waals surface area contributed by atoms with Crippen LogP contribution in [0.2, 0.25) is 0 Å². The summed E-state index contributed by atoms with van der Waals surface area (Å²) in [7, 11) is 0. The van der Waals surface area contributed by atoms with Crippen molar-refractivity contribution in [3.05, 3.63) is 57.9 Å². The SMILES string of the molecule is CC(=O)c1[nH]c(C)c(C(=O)N2Cc3ccccc3C[C@@H]2C(=O)O)c1C. The van der Waals surface area contributed by atoms with Crippen molar-refractivity contribution in [1.82, 2.24) is 9.88 Å². The first kappa shape index (κ1) is 17.0. The third-order valence-corrected chi connectivity index (χ3v) is 4.80. The van der Waals surface area contributed by atoms with Gasteiger partial charge in [0, 0.05) is 25.6 Å². The number of benzene rings is 1. The van der Waals surface area contributed by atoms with Gasteiger partial charge in [-0.1, -0.05) is 24.3 Å². The Morgan fingerprint density at radius 3 is 2.36 bits per heavy atom. The molecule has 1 aliphatic heterocycles. The summed E-state index contributed by atoms with van der Waals surface area (Å²) in [4.78, 5) is 40.9. The van der Waals surface area contributed by atoms with Crippen molar-refractivity contribution >= 4 is 17.7 Å². The van der Waals surface area contributed by atoms with Crippen molar-refractivity contribution in [3.63, 3.8) is 0 Å². The number of hydrogen-bond acceptors (Lipinski definition) is 3. The Morgan fingerprint density at radius 1 is 1.16 bits per heavy atom. The number of aliphatic carboxylic acids is 1. The van der Waals surface area contributed by atoms with E-state index in [0.29, 0.717) is 22.5 Å². The lowest BCUT2D eigenvalue weighted by Crippen LogP contribution is -2.48. The van der Waals surface area contributed by atoms with Gasteiger partial charge in [0.05, 0.1) is 11.3 Å². The Labute approximate surface area is 145 Å². The maximum atomic E-state index is 13.1. The zero-order valence-electron chi connectivity index (χ0n) is 14.4. The molecule has 1 aromatic carbocycles. The normalized spacial score (nSPS) is 16.4. The van der Waals surface area contributed by atoms with Crippen LogP contribution in [0.1, 0.15) is 50.2 Å². The minimum Gasteiger partial charge on any atom is -0.480 e. The summed E-state index contributed by atoms with van der Waals surface area (Å²) in [6, 6.07) is 6.63. The third-order valence-electron chi connectivity index (χ3n) is 4.80. The van der Waals surface area contributed by atoms with Gasteiger partial charge in [-0.15, -0.1) is 0 Å². The maximum Gasteiger partial charge on any atom is 0.326 e. The van der Waals surface area contributed by atoms with Crippen LogP contribution < -0.4 is 0 Å². The number of aryl methyl sites for hydroxylation is 1. The molecule has 0 fully saturated rings. The van der Waals surface area contributed by atoms with Crippen LogP contribution in [0, 0.1) is 13.8 Å². The predicted molar refractivity (Wildman–Crippen MR) is 91.7 cm³/mol. The lowest BCUT2D eigenvalue weighted by Gasteiger charge is -2.34. The number of carboxylic acid groups (broad SMARTS) is 1. The number of aromatic amines is 1. The number of carboxylic acids is 1. The summed E-state index contributed by atoms with van der Waals surface area (Å²) in [6.45, 7) is 5.11. The fraction of sp³-hybridized carbons (Fsp3) is 0.316. The number of carbonyl (C=O) groups is 3. The van der Waals surface area contributed by atoms with Crippen LogP contribution in [-0.4, -0.2) is 38.7 Å². The number of amides is 1. The molecule has 0 spiro atoms. The van der Waals surface area contributed by atoms with Gasteiger partial charge in [-0.25, -0.2) is 4.79 Å². The van der Waals surface area contributed by atoms with Crippen molar-refractivity contribution in [1.29, 1.82) is 0 Å². The van der Waals surface area contributed by atoms with Crippen LogP contribution in [-0.2, 0) is 17.8 Å². The van der Waals surface area contributed by atoms with E-state index in [1.807, 2.05) is 24.3 Å². The van der Waals surface area contributed by atoms with E-state index in [-0.39, 0.29) is 24.7 Å². The Bertz CT molecular complexity index is 882. The van der Waals surface area contributed by atoms with E-state index in [0.717, 1.165) is 11.1 Å². The molecule has 0 aliphatic carbocycles. The van der Waals surface area contributed by atoms with Crippen molar-refractivity contribution in [3.8, 4) is 0 Å². The van der Waals surface area contributed by atoms with Crippen molar-refractivity contribution in [2.24, 2.45) is 0 Å². The lowest BCUT2D eigenvalue weighted by molar-refractivity contribution is -0.142. The van der Waals surface area contributed by atoms with Gasteiger partial charge < -0.3 is 15.0 Å². The van der Waals surface area contributed by atoms with Gasteiger partial charge >= 0.3 is 5.97 Å². The molecular weight excluding hydrogens is 320 g/mol. The van der Waals surface area contributed by atoms with E-state index in [1.165, 1.54) is 11.8 Å². The van der Waals surface area contributed by atoms with Crippen molar-refractivity contribution in [2.45, 2.75) is 39.8 Å². The maximum absolute atomic E-state index is 13.1. The van der Waals surface area contributed by atoms with Crippen molar-refractivity contribution < 1.29 is 19.5 Å². The number of fused-ring (bicyclic) bond motifs is 1. The Kier molecular flexibility index (Phi) is 4.20. The summed E-state index contributed by atoms with van der Waals surface area (Å²) in [5.41, 5.74) is 3.83. The molecule has 0 radical (unpaired) electrons. The van der Waals surface area contributed by atoms with Gasteiger partial charge in [-0.3, -0.25) is 9.59 Å². The third kappa shape index (κ3) is 2.84. The van der Waals surface area contributed by atoms with Crippen LogP contribution in [0.4, 0.5) is 0 Å². The molecule has 6 heteroatoms. The number of nitrogens with one attached hydrogen (secondary N) is 1. The first-order chi connectivity index (χ1) is 11.8. The number of rotatable bonds is 3. The molecule has 0 bridgehead atoms. The van der Waals surface area contributed by atoms with E-state index in [2.05, 4.69) is 4.98 Å². The van der Waals surface area contributed by atoms with Crippen LogP contribution in [0.3, 0.4) is 0 Å². The molecule has 25 heavy (non-hydrogen) atoms. The highest BCUT2D eigenvalue weighted by Gasteiger charge is 2.36. The average molecular weight is 340 g/mol. The quantitative estimate of drug-likeness (QED) is 0.840. The Balaban J connectivity index is 2.04. The molecule has 2 aromatic rings. The molecule has 0 unspecified atom stereocenters. The van der Waals surface area contributed by atoms with Gasteiger partial charge in [0.1, 0.15) is 6.04 Å². The summed E-state index contributed by atoms with van der Waals surface area (Å²) >= 11 is 0. The number of hydrogen-bond donors (Lipinski definition) is 2. The molecular formula is C19H20N2O4. The minimum absolute atomic E-state index is 0.154. The standard InChI is InChI=1S/C19H20N2O4/c1-10-16(11(2)20-17(10)12(3)22)18(23)21-9-14-7-5-4-6-13(14)8-15(21)19(24)25/h4-7,15,20H,8-9H2,1-3H3,(H,24,25)/t15-/m1/s1. The van der Waals surface area contributed by atoms with Crippen LogP contribution >= 0.6 is 0 Å². The second kappa shape index (κ2) is 6.20. The van der Waals surface area contributed by atoms with Gasteiger partial charge in [0.2, 0.25) is 0 Å². The smallest absolute Gasteiger partial charge is 0.326 e. The summed E-state index contributed by atoms with van der Waals surface area (Å²) in [6.07, 6.45) is 0.277. The molecule has 1 amide bonds. The molecule has 1 aromatic heterocycles. The lowest BCUT2D eigenvalue weighted by atomic mass is 9.93. The monoisotopic (exact) mass is 340 g/mol. The fourth-order valence-electron chi connectivity index (χ4n) is 3.52.